The second-order valence-corrected chi connectivity index (χ2v) is 6.41. The molecular weight excluding hydrogens is 353 g/mol. The summed E-state index contributed by atoms with van der Waals surface area (Å²) in [6.07, 6.45) is 0. The Bertz CT molecular complexity index is 542. The third-order valence-corrected chi connectivity index (χ3v) is 5.25. The highest BCUT2D eigenvalue weighted by atomic mass is 79.9. The summed E-state index contributed by atoms with van der Waals surface area (Å²) in [6.45, 7) is 2.95. The van der Waals surface area contributed by atoms with Crippen molar-refractivity contribution >= 4 is 50.5 Å². The van der Waals surface area contributed by atoms with E-state index in [-0.39, 0.29) is 6.04 Å². The number of hydrogen-bond acceptors (Lipinski definition) is 2. The minimum Gasteiger partial charge on any atom is -0.306 e. The van der Waals surface area contributed by atoms with Crippen molar-refractivity contribution in [3.05, 3.63) is 54.6 Å². The van der Waals surface area contributed by atoms with Crippen LogP contribution in [-0.2, 0) is 0 Å². The van der Waals surface area contributed by atoms with Crippen LogP contribution in [0.2, 0.25) is 10.0 Å². The fourth-order valence-corrected chi connectivity index (χ4v) is 3.47. The molecule has 0 spiro atoms. The lowest BCUT2D eigenvalue weighted by atomic mass is 10.1. The third kappa shape index (κ3) is 3.09. The van der Waals surface area contributed by atoms with Gasteiger partial charge in [-0.1, -0.05) is 36.2 Å². The average molecular weight is 365 g/mol. The summed E-state index contributed by atoms with van der Waals surface area (Å²) in [7, 11) is 0. The minimum atomic E-state index is 0.0908. The van der Waals surface area contributed by atoms with Crippen molar-refractivity contribution in [2.75, 3.05) is 6.54 Å². The van der Waals surface area contributed by atoms with Crippen molar-refractivity contribution in [3.8, 4) is 0 Å². The van der Waals surface area contributed by atoms with Crippen LogP contribution in [0.3, 0.4) is 0 Å². The van der Waals surface area contributed by atoms with Crippen LogP contribution in [0.4, 0.5) is 0 Å². The van der Waals surface area contributed by atoms with E-state index in [4.69, 9.17) is 23.2 Å². The first-order valence-electron chi connectivity index (χ1n) is 5.54. The Morgan fingerprint density at radius 2 is 2.06 bits per heavy atom. The van der Waals surface area contributed by atoms with Gasteiger partial charge >= 0.3 is 0 Å². The normalized spacial score (nSPS) is 12.7. The molecule has 0 bridgehead atoms. The maximum Gasteiger partial charge on any atom is 0.0686 e. The summed E-state index contributed by atoms with van der Waals surface area (Å²) in [6, 6.07) is 8.00. The standard InChI is InChI=1S/C13H12BrCl2NS/c1-2-17-12(13-10(15)5-6-18-13)8-3-4-9(14)11(16)7-8/h3-7,12,17H,2H2,1H3. The first-order valence-corrected chi connectivity index (χ1v) is 7.97. The van der Waals surface area contributed by atoms with E-state index in [9.17, 15) is 0 Å². The van der Waals surface area contributed by atoms with Crippen LogP contribution in [0.1, 0.15) is 23.4 Å². The van der Waals surface area contributed by atoms with Crippen molar-refractivity contribution in [2.45, 2.75) is 13.0 Å². The van der Waals surface area contributed by atoms with Crippen LogP contribution in [0.25, 0.3) is 0 Å². The van der Waals surface area contributed by atoms with Gasteiger partial charge in [0.2, 0.25) is 0 Å². The molecule has 1 aromatic heterocycles. The fourth-order valence-electron chi connectivity index (χ4n) is 1.77. The number of hydrogen-bond donors (Lipinski definition) is 1. The Hall–Kier alpha value is -0.0600. The van der Waals surface area contributed by atoms with Gasteiger partial charge in [-0.25, -0.2) is 0 Å². The van der Waals surface area contributed by atoms with E-state index in [0.717, 1.165) is 26.5 Å². The molecular formula is C13H12BrCl2NS. The molecule has 1 unspecified atom stereocenters. The molecule has 0 saturated carbocycles. The van der Waals surface area contributed by atoms with Gasteiger partial charge in [0.1, 0.15) is 0 Å². The second-order valence-electron chi connectivity index (χ2n) is 3.80. The molecule has 0 radical (unpaired) electrons. The Morgan fingerprint density at radius 3 is 2.61 bits per heavy atom. The van der Waals surface area contributed by atoms with Crippen LogP contribution >= 0.6 is 50.5 Å². The zero-order valence-corrected chi connectivity index (χ0v) is 13.6. The Labute approximate surface area is 129 Å². The lowest BCUT2D eigenvalue weighted by Gasteiger charge is -2.18. The molecule has 1 N–H and O–H groups in total. The smallest absolute Gasteiger partial charge is 0.0686 e. The zero-order valence-electron chi connectivity index (χ0n) is 9.71. The molecule has 0 fully saturated rings. The van der Waals surface area contributed by atoms with E-state index in [0.29, 0.717) is 5.02 Å². The summed E-state index contributed by atoms with van der Waals surface area (Å²) in [5.74, 6) is 0. The summed E-state index contributed by atoms with van der Waals surface area (Å²) in [5.41, 5.74) is 1.12. The van der Waals surface area contributed by atoms with Crippen LogP contribution in [0.15, 0.2) is 34.1 Å². The molecule has 0 amide bonds. The largest absolute Gasteiger partial charge is 0.306 e. The van der Waals surface area contributed by atoms with Gasteiger partial charge in [0.25, 0.3) is 0 Å². The monoisotopic (exact) mass is 363 g/mol. The topological polar surface area (TPSA) is 12.0 Å². The highest BCUT2D eigenvalue weighted by Crippen LogP contribution is 2.35. The van der Waals surface area contributed by atoms with E-state index >= 15 is 0 Å². The molecule has 96 valence electrons. The molecule has 18 heavy (non-hydrogen) atoms. The van der Waals surface area contributed by atoms with Gasteiger partial charge in [0, 0.05) is 9.35 Å². The van der Waals surface area contributed by atoms with E-state index in [1.54, 1.807) is 11.3 Å². The molecule has 1 aromatic carbocycles. The molecule has 1 atom stereocenters. The molecule has 0 aliphatic rings. The molecule has 0 aliphatic carbocycles. The van der Waals surface area contributed by atoms with Crippen molar-refractivity contribution in [2.24, 2.45) is 0 Å². The Morgan fingerprint density at radius 1 is 1.28 bits per heavy atom. The van der Waals surface area contributed by atoms with Gasteiger partial charge in [-0.15, -0.1) is 11.3 Å². The van der Waals surface area contributed by atoms with Gasteiger partial charge in [-0.3, -0.25) is 0 Å². The molecule has 0 saturated heterocycles. The number of halogens is 3. The Balaban J connectivity index is 2.41. The molecule has 2 aromatic rings. The quantitative estimate of drug-likeness (QED) is 0.753. The molecule has 0 aliphatic heterocycles. The van der Waals surface area contributed by atoms with Crippen LogP contribution in [-0.4, -0.2) is 6.54 Å². The maximum atomic E-state index is 6.22. The molecule has 2 rings (SSSR count). The highest BCUT2D eigenvalue weighted by molar-refractivity contribution is 9.10. The third-order valence-electron chi connectivity index (χ3n) is 2.59. The van der Waals surface area contributed by atoms with Gasteiger partial charge in [0.05, 0.1) is 16.1 Å². The van der Waals surface area contributed by atoms with Gasteiger partial charge < -0.3 is 5.32 Å². The number of thiophene rings is 1. The Kier molecular flexibility index (Phi) is 5.10. The van der Waals surface area contributed by atoms with Crippen LogP contribution in [0.5, 0.6) is 0 Å². The first kappa shape index (κ1) is 14.4. The maximum absolute atomic E-state index is 6.22. The van der Waals surface area contributed by atoms with Crippen LogP contribution < -0.4 is 5.32 Å². The van der Waals surface area contributed by atoms with Crippen molar-refractivity contribution in [3.63, 3.8) is 0 Å². The second kappa shape index (κ2) is 6.40. The average Bonchev–Trinajstić information content (AvgIpc) is 2.76. The zero-order chi connectivity index (χ0) is 13.1. The molecule has 1 nitrogen and oxygen atoms in total. The number of benzene rings is 1. The van der Waals surface area contributed by atoms with Gasteiger partial charge in [-0.2, -0.15) is 0 Å². The van der Waals surface area contributed by atoms with Gasteiger partial charge in [0.15, 0.2) is 0 Å². The number of rotatable bonds is 4. The summed E-state index contributed by atoms with van der Waals surface area (Å²) in [5, 5.41) is 6.95. The van der Waals surface area contributed by atoms with Crippen molar-refractivity contribution in [1.29, 1.82) is 0 Å². The fraction of sp³-hybridized carbons (Fsp3) is 0.231. The summed E-state index contributed by atoms with van der Waals surface area (Å²) < 4.78 is 0.903. The molecule has 1 heterocycles. The van der Waals surface area contributed by atoms with Gasteiger partial charge in [-0.05, 0) is 51.6 Å². The van der Waals surface area contributed by atoms with Crippen molar-refractivity contribution in [1.82, 2.24) is 5.32 Å². The highest BCUT2D eigenvalue weighted by Gasteiger charge is 2.18. The van der Waals surface area contributed by atoms with Crippen LogP contribution in [0, 0.1) is 0 Å². The van der Waals surface area contributed by atoms with E-state index in [1.165, 1.54) is 0 Å². The van der Waals surface area contributed by atoms with Crippen molar-refractivity contribution < 1.29 is 0 Å². The molecule has 5 heteroatoms. The first-order chi connectivity index (χ1) is 8.63. The summed E-state index contributed by atoms with van der Waals surface area (Å²) in [4.78, 5) is 1.12. The minimum absolute atomic E-state index is 0.0908. The lowest BCUT2D eigenvalue weighted by Crippen LogP contribution is -2.21. The predicted octanol–water partition coefficient (Wildman–Crippen LogP) is 5.52. The predicted molar refractivity (Wildman–Crippen MR) is 84.0 cm³/mol. The lowest BCUT2D eigenvalue weighted by molar-refractivity contribution is 0.640. The van der Waals surface area contributed by atoms with E-state index in [2.05, 4.69) is 34.2 Å². The SMILES string of the molecule is CCNC(c1ccc(Br)c(Cl)c1)c1sccc1Cl. The van der Waals surface area contributed by atoms with E-state index < -0.39 is 0 Å². The van der Waals surface area contributed by atoms with E-state index in [1.807, 2.05) is 23.6 Å². The number of nitrogens with one attached hydrogen (secondary N) is 1. The summed E-state index contributed by atoms with van der Waals surface area (Å²) >= 11 is 17.4.